The molecule has 202 valence electrons. The van der Waals surface area contributed by atoms with E-state index in [0.717, 1.165) is 99.0 Å². The first kappa shape index (κ1) is 25.2. The zero-order valence-corrected chi connectivity index (χ0v) is 23.4. The monoisotopic (exact) mass is 562 g/mol. The molecule has 1 aromatic heterocycles. The molecule has 4 fully saturated rings. The van der Waals surface area contributed by atoms with Crippen LogP contribution in [0.2, 0.25) is 10.0 Å². The van der Waals surface area contributed by atoms with Crippen molar-refractivity contribution in [3.8, 4) is 11.3 Å². The maximum Gasteiger partial charge on any atom is 0.314 e. The summed E-state index contributed by atoms with van der Waals surface area (Å²) in [7, 11) is 0. The van der Waals surface area contributed by atoms with E-state index in [9.17, 15) is 9.90 Å². The number of carboxylic acids is 1. The van der Waals surface area contributed by atoms with Crippen molar-refractivity contribution in [2.24, 2.45) is 5.41 Å². The number of hydrogen-bond acceptors (Lipinski definition) is 4. The highest BCUT2D eigenvalue weighted by Gasteiger charge is 2.46. The fourth-order valence-corrected chi connectivity index (χ4v) is 7.53. The fraction of sp³-hybridized carbons (Fsp3) is 0.438. The lowest BCUT2D eigenvalue weighted by Gasteiger charge is -2.50. The Morgan fingerprint density at radius 1 is 1.00 bits per heavy atom. The number of carboxylic acid groups (broad SMARTS) is 1. The van der Waals surface area contributed by atoms with Crippen molar-refractivity contribution in [1.82, 2.24) is 5.16 Å². The van der Waals surface area contributed by atoms with Gasteiger partial charge in [0.1, 0.15) is 11.5 Å². The van der Waals surface area contributed by atoms with Gasteiger partial charge in [-0.3, -0.25) is 4.79 Å². The number of nitrogens with zero attached hydrogens (tertiary/aromatic N) is 2. The zero-order valence-electron chi connectivity index (χ0n) is 21.9. The Morgan fingerprint density at radius 2 is 1.67 bits per heavy atom. The highest BCUT2D eigenvalue weighted by atomic mass is 35.5. The average Bonchev–Trinajstić information content (AvgIpc) is 3.64. The van der Waals surface area contributed by atoms with Gasteiger partial charge in [0.05, 0.1) is 15.5 Å². The summed E-state index contributed by atoms with van der Waals surface area (Å²) >= 11 is 13.1. The molecule has 4 aliphatic rings. The van der Waals surface area contributed by atoms with Crippen LogP contribution in [0.5, 0.6) is 0 Å². The molecule has 3 aliphatic carbocycles. The van der Waals surface area contributed by atoms with Crippen LogP contribution >= 0.6 is 23.2 Å². The number of aliphatic carboxylic acids is 1. The summed E-state index contributed by atoms with van der Waals surface area (Å²) in [6, 6.07) is 13.9. The molecule has 0 radical (unpaired) electrons. The molecule has 7 heteroatoms. The number of rotatable bonds is 6. The third kappa shape index (κ3) is 4.29. The Hall–Kier alpha value is -2.76. The van der Waals surface area contributed by atoms with Crippen LogP contribution in [0.15, 0.2) is 52.6 Å². The Bertz CT molecular complexity index is 1430. The van der Waals surface area contributed by atoms with Gasteiger partial charge >= 0.3 is 5.97 Å². The second kappa shape index (κ2) is 9.42. The predicted molar refractivity (Wildman–Crippen MR) is 155 cm³/mol. The standard InChI is InChI=1S/C32H32Cl2N2O3/c33-25-3-1-4-26(34)27(25)28-24(29(39-35-28)21-5-6-21)17-20-18-31(19-20)13-15-36(16-14-31)23-9-7-22(8-10-23)32(30(37)38)11-2-12-32/h1,3-4,7-10,17,21H,2,5-6,11-16,18-19H2,(H,37,38). The topological polar surface area (TPSA) is 66.6 Å². The molecule has 1 spiro atoms. The van der Waals surface area contributed by atoms with E-state index in [-0.39, 0.29) is 0 Å². The highest BCUT2D eigenvalue weighted by molar-refractivity contribution is 6.39. The molecule has 2 aromatic carbocycles. The quantitative estimate of drug-likeness (QED) is 0.326. The number of hydrogen-bond donors (Lipinski definition) is 1. The summed E-state index contributed by atoms with van der Waals surface area (Å²) in [5.41, 5.74) is 5.85. The first-order chi connectivity index (χ1) is 18.9. The fourth-order valence-electron chi connectivity index (χ4n) is 6.95. The summed E-state index contributed by atoms with van der Waals surface area (Å²) in [5, 5.41) is 15.4. The van der Waals surface area contributed by atoms with Crippen LogP contribution in [-0.4, -0.2) is 29.3 Å². The minimum Gasteiger partial charge on any atom is -0.481 e. The number of benzene rings is 2. The lowest BCUT2D eigenvalue weighted by atomic mass is 9.60. The highest BCUT2D eigenvalue weighted by Crippen LogP contribution is 2.55. The van der Waals surface area contributed by atoms with E-state index in [4.69, 9.17) is 27.7 Å². The predicted octanol–water partition coefficient (Wildman–Crippen LogP) is 8.50. The van der Waals surface area contributed by atoms with Crippen LogP contribution in [0.3, 0.4) is 0 Å². The minimum atomic E-state index is -0.687. The van der Waals surface area contributed by atoms with E-state index in [2.05, 4.69) is 28.3 Å². The van der Waals surface area contributed by atoms with Crippen LogP contribution in [0.4, 0.5) is 5.69 Å². The van der Waals surface area contributed by atoms with Gasteiger partial charge in [-0.25, -0.2) is 0 Å². The first-order valence-corrected chi connectivity index (χ1v) is 14.9. The van der Waals surface area contributed by atoms with E-state index >= 15 is 0 Å². The van der Waals surface area contributed by atoms with Gasteiger partial charge in [0.25, 0.3) is 0 Å². The van der Waals surface area contributed by atoms with Crippen LogP contribution in [0.25, 0.3) is 17.3 Å². The number of piperidine rings is 1. The minimum absolute atomic E-state index is 0.362. The number of halogens is 2. The molecule has 3 saturated carbocycles. The number of carbonyl (C=O) groups is 1. The second-order valence-corrected chi connectivity index (χ2v) is 12.9. The molecule has 5 nitrogen and oxygen atoms in total. The van der Waals surface area contributed by atoms with Crippen LogP contribution < -0.4 is 4.90 Å². The lowest BCUT2D eigenvalue weighted by Crippen LogP contribution is -2.44. The van der Waals surface area contributed by atoms with Gasteiger partial charge in [0.15, 0.2) is 0 Å². The Kier molecular flexibility index (Phi) is 6.09. The van der Waals surface area contributed by atoms with Gasteiger partial charge in [-0.05, 0) is 92.7 Å². The normalized spacial score (nSPS) is 21.4. The van der Waals surface area contributed by atoms with Crippen molar-refractivity contribution in [3.05, 3.63) is 75.0 Å². The molecule has 2 heterocycles. The smallest absolute Gasteiger partial charge is 0.314 e. The van der Waals surface area contributed by atoms with Gasteiger partial charge in [-0.1, -0.05) is 58.6 Å². The van der Waals surface area contributed by atoms with Crippen molar-refractivity contribution in [2.75, 3.05) is 18.0 Å². The van der Waals surface area contributed by atoms with E-state index in [0.29, 0.717) is 21.4 Å². The Balaban J connectivity index is 1.04. The van der Waals surface area contributed by atoms with E-state index in [1.54, 1.807) is 0 Å². The molecule has 0 bridgehead atoms. The van der Waals surface area contributed by atoms with Crippen molar-refractivity contribution in [2.45, 2.75) is 69.1 Å². The van der Waals surface area contributed by atoms with E-state index < -0.39 is 11.4 Å². The molecule has 3 aromatic rings. The zero-order chi connectivity index (χ0) is 26.8. The van der Waals surface area contributed by atoms with Gasteiger partial charge in [-0.2, -0.15) is 0 Å². The van der Waals surface area contributed by atoms with E-state index in [1.807, 2.05) is 30.3 Å². The lowest BCUT2D eigenvalue weighted by molar-refractivity contribution is -0.147. The summed E-state index contributed by atoms with van der Waals surface area (Å²) in [6.45, 7) is 2.05. The SMILES string of the molecule is O=C(O)C1(c2ccc(N3CCC4(CC3)CC(=Cc3c(-c5c(Cl)cccc5Cl)noc3C3CC3)C4)cc2)CCC1. The van der Waals surface area contributed by atoms with Crippen LogP contribution in [-0.2, 0) is 10.2 Å². The van der Waals surface area contributed by atoms with Crippen LogP contribution in [0, 0.1) is 5.41 Å². The van der Waals surface area contributed by atoms with Crippen molar-refractivity contribution in [3.63, 3.8) is 0 Å². The molecule has 0 atom stereocenters. The first-order valence-electron chi connectivity index (χ1n) is 14.1. The summed E-state index contributed by atoms with van der Waals surface area (Å²) in [6.07, 6.45) is 11.6. The summed E-state index contributed by atoms with van der Waals surface area (Å²) in [5.74, 6) is 0.727. The Morgan fingerprint density at radius 3 is 2.23 bits per heavy atom. The van der Waals surface area contributed by atoms with Gasteiger partial charge in [0.2, 0.25) is 0 Å². The molecular formula is C32H32Cl2N2O3. The van der Waals surface area contributed by atoms with Gasteiger partial charge in [-0.15, -0.1) is 0 Å². The molecular weight excluding hydrogens is 531 g/mol. The maximum atomic E-state index is 11.9. The van der Waals surface area contributed by atoms with Crippen molar-refractivity contribution in [1.29, 1.82) is 0 Å². The molecule has 0 amide bonds. The molecule has 39 heavy (non-hydrogen) atoms. The summed E-state index contributed by atoms with van der Waals surface area (Å²) < 4.78 is 5.86. The molecule has 0 unspecified atom stereocenters. The number of aromatic nitrogens is 1. The maximum absolute atomic E-state index is 11.9. The third-order valence-electron chi connectivity index (χ3n) is 9.68. The van der Waals surface area contributed by atoms with Crippen molar-refractivity contribution >= 4 is 40.9 Å². The molecule has 7 rings (SSSR count). The number of allylic oxidation sites excluding steroid dienone is 1. The molecule has 1 N–H and O–H groups in total. The van der Waals surface area contributed by atoms with Gasteiger partial charge < -0.3 is 14.5 Å². The van der Waals surface area contributed by atoms with Crippen molar-refractivity contribution < 1.29 is 14.4 Å². The molecule has 1 aliphatic heterocycles. The average molecular weight is 564 g/mol. The van der Waals surface area contributed by atoms with Gasteiger partial charge in [0, 0.05) is 35.8 Å². The third-order valence-corrected chi connectivity index (χ3v) is 10.3. The Labute approximate surface area is 238 Å². The largest absolute Gasteiger partial charge is 0.481 e. The second-order valence-electron chi connectivity index (χ2n) is 12.1. The number of anilines is 1. The van der Waals surface area contributed by atoms with E-state index in [1.165, 1.54) is 11.3 Å². The summed E-state index contributed by atoms with van der Waals surface area (Å²) in [4.78, 5) is 14.3. The van der Waals surface area contributed by atoms with Crippen LogP contribution in [0.1, 0.15) is 80.6 Å². The molecule has 1 saturated heterocycles.